The Kier molecular flexibility index (Phi) is 3.46. The van der Waals surface area contributed by atoms with Gasteiger partial charge in [-0.15, -0.1) is 11.3 Å². The number of nitrogens with two attached hydrogens (primary N) is 1. The highest BCUT2D eigenvalue weighted by Gasteiger charge is 2.11. The van der Waals surface area contributed by atoms with Crippen LogP contribution >= 0.6 is 11.3 Å². The summed E-state index contributed by atoms with van der Waals surface area (Å²) in [5, 5.41) is 2.57. The number of nitrogens with zero attached hydrogens (tertiary/aromatic N) is 1. The van der Waals surface area contributed by atoms with Gasteiger partial charge in [-0.05, 0) is 18.2 Å². The van der Waals surface area contributed by atoms with Crippen LogP contribution in [0.15, 0.2) is 23.6 Å². The average Bonchev–Trinajstić information content (AvgIpc) is 2.86. The van der Waals surface area contributed by atoms with Gasteiger partial charge in [-0.3, -0.25) is 5.43 Å². The van der Waals surface area contributed by atoms with E-state index in [1.54, 1.807) is 14.2 Å². The summed E-state index contributed by atoms with van der Waals surface area (Å²) in [7, 11) is 3.25. The lowest BCUT2D eigenvalue weighted by Crippen LogP contribution is -2.05. The molecule has 0 atom stereocenters. The van der Waals surface area contributed by atoms with E-state index in [0.29, 0.717) is 5.13 Å². The second-order valence-corrected chi connectivity index (χ2v) is 4.11. The molecule has 1 heterocycles. The van der Waals surface area contributed by atoms with E-state index in [9.17, 15) is 0 Å². The number of rotatable bonds is 4. The standard InChI is InChI=1S/C11H13N3O2S/c1-15-7-3-4-10(16-2)8(5-7)9-6-17-11(13-9)14-12/h3-6H,12H2,1-2H3,(H,13,14). The summed E-state index contributed by atoms with van der Waals surface area (Å²) in [6, 6.07) is 5.58. The first-order valence-electron chi connectivity index (χ1n) is 4.93. The normalized spacial score (nSPS) is 10.1. The molecule has 0 aliphatic carbocycles. The smallest absolute Gasteiger partial charge is 0.197 e. The summed E-state index contributed by atoms with van der Waals surface area (Å²) >= 11 is 1.43. The third-order valence-electron chi connectivity index (χ3n) is 2.31. The fraction of sp³-hybridized carbons (Fsp3) is 0.182. The van der Waals surface area contributed by atoms with E-state index in [0.717, 1.165) is 22.8 Å². The van der Waals surface area contributed by atoms with E-state index < -0.39 is 0 Å². The van der Waals surface area contributed by atoms with E-state index in [1.165, 1.54) is 11.3 Å². The third-order valence-corrected chi connectivity index (χ3v) is 3.08. The highest BCUT2D eigenvalue weighted by atomic mass is 32.1. The number of methoxy groups -OCH3 is 2. The zero-order chi connectivity index (χ0) is 12.3. The van der Waals surface area contributed by atoms with Crippen molar-refractivity contribution in [2.24, 2.45) is 5.84 Å². The van der Waals surface area contributed by atoms with Crippen LogP contribution in [0.4, 0.5) is 5.13 Å². The minimum Gasteiger partial charge on any atom is -0.497 e. The zero-order valence-electron chi connectivity index (χ0n) is 9.56. The summed E-state index contributed by atoms with van der Waals surface area (Å²) in [6.07, 6.45) is 0. The lowest BCUT2D eigenvalue weighted by molar-refractivity contribution is 0.404. The largest absolute Gasteiger partial charge is 0.497 e. The van der Waals surface area contributed by atoms with Gasteiger partial charge in [0.25, 0.3) is 0 Å². The molecule has 1 aromatic carbocycles. The van der Waals surface area contributed by atoms with Crippen molar-refractivity contribution in [3.63, 3.8) is 0 Å². The van der Waals surface area contributed by atoms with Gasteiger partial charge in [0.15, 0.2) is 5.13 Å². The molecule has 0 unspecified atom stereocenters. The Balaban J connectivity index is 2.47. The van der Waals surface area contributed by atoms with Crippen molar-refractivity contribution in [3.8, 4) is 22.8 Å². The molecule has 0 amide bonds. The number of aromatic nitrogens is 1. The van der Waals surface area contributed by atoms with Gasteiger partial charge in [-0.25, -0.2) is 10.8 Å². The molecule has 0 saturated carbocycles. The number of nitrogen functional groups attached to an aromatic ring is 1. The quantitative estimate of drug-likeness (QED) is 0.643. The van der Waals surface area contributed by atoms with Crippen LogP contribution in [-0.4, -0.2) is 19.2 Å². The van der Waals surface area contributed by atoms with Crippen LogP contribution in [0.1, 0.15) is 0 Å². The number of nitrogens with one attached hydrogen (secondary N) is 1. The fourth-order valence-corrected chi connectivity index (χ4v) is 2.10. The lowest BCUT2D eigenvalue weighted by Gasteiger charge is -2.08. The molecular weight excluding hydrogens is 238 g/mol. The molecule has 0 spiro atoms. The molecule has 17 heavy (non-hydrogen) atoms. The first-order chi connectivity index (χ1) is 8.28. The molecule has 0 fully saturated rings. The molecule has 2 rings (SSSR count). The summed E-state index contributed by atoms with van der Waals surface area (Å²) in [6.45, 7) is 0. The molecule has 90 valence electrons. The second-order valence-electron chi connectivity index (χ2n) is 3.25. The lowest BCUT2D eigenvalue weighted by atomic mass is 10.1. The van der Waals surface area contributed by atoms with Crippen LogP contribution in [0.2, 0.25) is 0 Å². The molecule has 1 aromatic heterocycles. The van der Waals surface area contributed by atoms with E-state index in [-0.39, 0.29) is 0 Å². The average molecular weight is 251 g/mol. The number of thiazole rings is 1. The molecule has 5 nitrogen and oxygen atoms in total. The molecule has 0 radical (unpaired) electrons. The third kappa shape index (κ3) is 2.32. The monoisotopic (exact) mass is 251 g/mol. The van der Waals surface area contributed by atoms with Gasteiger partial charge in [0, 0.05) is 10.9 Å². The topological polar surface area (TPSA) is 69.4 Å². The Hall–Kier alpha value is -1.79. The predicted molar refractivity (Wildman–Crippen MR) is 68.5 cm³/mol. The van der Waals surface area contributed by atoms with Crippen molar-refractivity contribution in [1.29, 1.82) is 0 Å². The molecule has 0 aliphatic heterocycles. The molecular formula is C11H13N3O2S. The van der Waals surface area contributed by atoms with Gasteiger partial charge in [-0.1, -0.05) is 0 Å². The number of anilines is 1. The summed E-state index contributed by atoms with van der Waals surface area (Å²) in [5.41, 5.74) is 4.20. The van der Waals surface area contributed by atoms with Crippen molar-refractivity contribution in [2.75, 3.05) is 19.6 Å². The van der Waals surface area contributed by atoms with Crippen LogP contribution < -0.4 is 20.7 Å². The number of hydrogen-bond acceptors (Lipinski definition) is 6. The maximum absolute atomic E-state index is 5.31. The van der Waals surface area contributed by atoms with Gasteiger partial charge in [0.1, 0.15) is 11.5 Å². The summed E-state index contributed by atoms with van der Waals surface area (Å²) < 4.78 is 10.5. The van der Waals surface area contributed by atoms with Crippen LogP contribution in [0, 0.1) is 0 Å². The van der Waals surface area contributed by atoms with E-state index in [2.05, 4.69) is 10.4 Å². The first-order valence-corrected chi connectivity index (χ1v) is 5.81. The number of ether oxygens (including phenoxy) is 2. The number of hydrogen-bond donors (Lipinski definition) is 2. The molecule has 6 heteroatoms. The highest BCUT2D eigenvalue weighted by Crippen LogP contribution is 2.34. The first kappa shape index (κ1) is 11.7. The van der Waals surface area contributed by atoms with Gasteiger partial charge < -0.3 is 9.47 Å². The molecule has 0 aliphatic rings. The van der Waals surface area contributed by atoms with Crippen LogP contribution in [0.25, 0.3) is 11.3 Å². The van der Waals surface area contributed by atoms with E-state index in [1.807, 2.05) is 23.6 Å². The molecule has 3 N–H and O–H groups in total. The molecule has 2 aromatic rings. The Morgan fingerprint density at radius 1 is 1.29 bits per heavy atom. The van der Waals surface area contributed by atoms with Crippen LogP contribution in [0.3, 0.4) is 0 Å². The van der Waals surface area contributed by atoms with Crippen molar-refractivity contribution in [3.05, 3.63) is 23.6 Å². The van der Waals surface area contributed by atoms with Gasteiger partial charge >= 0.3 is 0 Å². The Morgan fingerprint density at radius 2 is 2.12 bits per heavy atom. The summed E-state index contributed by atoms with van der Waals surface area (Å²) in [5.74, 6) is 6.82. The highest BCUT2D eigenvalue weighted by molar-refractivity contribution is 7.14. The van der Waals surface area contributed by atoms with Crippen LogP contribution in [0.5, 0.6) is 11.5 Å². The minimum absolute atomic E-state index is 0.657. The van der Waals surface area contributed by atoms with Gasteiger partial charge in [0.2, 0.25) is 0 Å². The number of benzene rings is 1. The minimum atomic E-state index is 0.657. The maximum atomic E-state index is 5.31. The van der Waals surface area contributed by atoms with Crippen molar-refractivity contribution < 1.29 is 9.47 Å². The predicted octanol–water partition coefficient (Wildman–Crippen LogP) is 2.11. The Labute approximate surface area is 103 Å². The molecule has 0 saturated heterocycles. The van der Waals surface area contributed by atoms with Crippen LogP contribution in [-0.2, 0) is 0 Å². The van der Waals surface area contributed by atoms with Crippen molar-refractivity contribution >= 4 is 16.5 Å². The van der Waals surface area contributed by atoms with Crippen molar-refractivity contribution in [1.82, 2.24) is 4.98 Å². The summed E-state index contributed by atoms with van der Waals surface area (Å²) in [4.78, 5) is 4.33. The van der Waals surface area contributed by atoms with Gasteiger partial charge in [-0.2, -0.15) is 0 Å². The van der Waals surface area contributed by atoms with Gasteiger partial charge in [0.05, 0.1) is 19.9 Å². The number of hydrazine groups is 1. The molecule has 0 bridgehead atoms. The fourth-order valence-electron chi connectivity index (χ4n) is 1.48. The Bertz CT molecular complexity index is 513. The Morgan fingerprint density at radius 3 is 2.71 bits per heavy atom. The van der Waals surface area contributed by atoms with E-state index >= 15 is 0 Å². The van der Waals surface area contributed by atoms with E-state index in [4.69, 9.17) is 15.3 Å². The zero-order valence-corrected chi connectivity index (χ0v) is 10.4. The maximum Gasteiger partial charge on any atom is 0.197 e. The second kappa shape index (κ2) is 5.03. The van der Waals surface area contributed by atoms with Crippen molar-refractivity contribution in [2.45, 2.75) is 0 Å². The SMILES string of the molecule is COc1ccc(OC)c(-c2csc(NN)n2)c1.